The molecule has 1 aromatic heterocycles. The van der Waals surface area contributed by atoms with Crippen LogP contribution >= 0.6 is 0 Å². The number of aliphatic hydroxyl groups is 1. The van der Waals surface area contributed by atoms with Crippen LogP contribution in [0.1, 0.15) is 32.6 Å². The van der Waals surface area contributed by atoms with E-state index in [0.29, 0.717) is 5.92 Å². The van der Waals surface area contributed by atoms with Gasteiger partial charge in [-0.15, -0.1) is 0 Å². The van der Waals surface area contributed by atoms with E-state index < -0.39 is 5.54 Å². The third-order valence-electron chi connectivity index (χ3n) is 3.51. The molecule has 5 heteroatoms. The second-order valence-electron chi connectivity index (χ2n) is 5.04. The number of hydrogen-bond acceptors (Lipinski definition) is 3. The minimum absolute atomic E-state index is 0.00221. The van der Waals surface area contributed by atoms with Crippen molar-refractivity contribution in [2.24, 2.45) is 5.92 Å². The second-order valence-corrected chi connectivity index (χ2v) is 5.04. The monoisotopic (exact) mass is 237 g/mol. The second kappa shape index (κ2) is 4.87. The minimum atomic E-state index is -0.459. The molecular weight excluding hydrogens is 218 g/mol. The van der Waals surface area contributed by atoms with Crippen molar-refractivity contribution in [2.75, 3.05) is 6.61 Å². The van der Waals surface area contributed by atoms with Gasteiger partial charge in [0, 0.05) is 12.4 Å². The summed E-state index contributed by atoms with van der Waals surface area (Å²) in [6.45, 7) is 2.16. The highest BCUT2D eigenvalue weighted by molar-refractivity contribution is 5.77. The first-order valence-corrected chi connectivity index (χ1v) is 6.06. The van der Waals surface area contributed by atoms with Gasteiger partial charge in [-0.05, 0) is 18.8 Å². The molecular formula is C12H19N3O2. The lowest BCUT2D eigenvalue weighted by molar-refractivity contribution is 0.106. The third-order valence-corrected chi connectivity index (χ3v) is 3.51. The fraction of sp³-hybridized carbons (Fsp3) is 0.667. The zero-order chi connectivity index (χ0) is 12.3. The van der Waals surface area contributed by atoms with E-state index in [0.717, 1.165) is 19.3 Å². The van der Waals surface area contributed by atoms with Crippen molar-refractivity contribution in [3.8, 4) is 0 Å². The number of nitrogens with zero attached hydrogens (tertiary/aromatic N) is 2. The van der Waals surface area contributed by atoms with Gasteiger partial charge in [0.05, 0.1) is 12.1 Å². The molecule has 1 aromatic rings. The molecule has 1 heterocycles. The van der Waals surface area contributed by atoms with Gasteiger partial charge in [-0.1, -0.05) is 19.8 Å². The number of aliphatic hydroxyl groups excluding tert-OH is 1. The number of nitrogens with one attached hydrogen (secondary N) is 1. The molecule has 5 nitrogen and oxygen atoms in total. The Balaban J connectivity index is 2.06. The fourth-order valence-electron chi connectivity index (χ4n) is 2.63. The number of aromatic nitrogens is 2. The SMILES string of the molecule is CC1CCCC(CO)(NC(=O)n2ccnc2)C1. The van der Waals surface area contributed by atoms with E-state index in [4.69, 9.17) is 0 Å². The number of carbonyl (C=O) groups is 1. The van der Waals surface area contributed by atoms with Crippen LogP contribution in [0, 0.1) is 5.92 Å². The summed E-state index contributed by atoms with van der Waals surface area (Å²) in [6.07, 6.45) is 8.53. The van der Waals surface area contributed by atoms with E-state index >= 15 is 0 Å². The van der Waals surface area contributed by atoms with Gasteiger partial charge < -0.3 is 10.4 Å². The van der Waals surface area contributed by atoms with Crippen molar-refractivity contribution < 1.29 is 9.90 Å². The third kappa shape index (κ3) is 2.66. The molecule has 2 N–H and O–H groups in total. The normalized spacial score (nSPS) is 28.9. The smallest absolute Gasteiger partial charge is 0.327 e. The molecule has 1 aliphatic rings. The Morgan fingerprint density at radius 3 is 3.12 bits per heavy atom. The Labute approximate surface area is 101 Å². The molecule has 0 radical (unpaired) electrons. The molecule has 0 bridgehead atoms. The average Bonchev–Trinajstić information content (AvgIpc) is 2.82. The quantitative estimate of drug-likeness (QED) is 0.816. The number of carbonyl (C=O) groups excluding carboxylic acids is 1. The lowest BCUT2D eigenvalue weighted by atomic mass is 9.77. The standard InChI is InChI=1S/C12H19N3O2/c1-10-3-2-4-12(7-10,8-16)14-11(17)15-6-5-13-9-15/h5-6,9-10,16H,2-4,7-8H2,1H3,(H,14,17). The summed E-state index contributed by atoms with van der Waals surface area (Å²) in [6, 6.07) is -0.217. The molecule has 17 heavy (non-hydrogen) atoms. The van der Waals surface area contributed by atoms with Gasteiger partial charge in [-0.25, -0.2) is 9.78 Å². The van der Waals surface area contributed by atoms with Gasteiger partial charge in [0.25, 0.3) is 0 Å². The summed E-state index contributed by atoms with van der Waals surface area (Å²) >= 11 is 0. The summed E-state index contributed by atoms with van der Waals surface area (Å²) in [5.41, 5.74) is -0.459. The zero-order valence-corrected chi connectivity index (χ0v) is 10.1. The highest BCUT2D eigenvalue weighted by atomic mass is 16.3. The van der Waals surface area contributed by atoms with Crippen LogP contribution in [0.3, 0.4) is 0 Å². The highest BCUT2D eigenvalue weighted by Crippen LogP contribution is 2.31. The first-order valence-electron chi connectivity index (χ1n) is 6.06. The van der Waals surface area contributed by atoms with Gasteiger partial charge in [-0.3, -0.25) is 4.57 Å². The molecule has 2 rings (SSSR count). The predicted octanol–water partition coefficient (Wildman–Crippen LogP) is 1.38. The molecule has 94 valence electrons. The summed E-state index contributed by atoms with van der Waals surface area (Å²) in [4.78, 5) is 15.8. The maximum absolute atomic E-state index is 11.9. The van der Waals surface area contributed by atoms with Gasteiger partial charge in [-0.2, -0.15) is 0 Å². The first kappa shape index (κ1) is 12.1. The molecule has 0 aliphatic heterocycles. The van der Waals surface area contributed by atoms with Crippen molar-refractivity contribution >= 4 is 6.03 Å². The molecule has 2 unspecified atom stereocenters. The van der Waals surface area contributed by atoms with E-state index in [1.54, 1.807) is 12.4 Å². The van der Waals surface area contributed by atoms with Gasteiger partial charge in [0.2, 0.25) is 0 Å². The van der Waals surface area contributed by atoms with Crippen molar-refractivity contribution in [3.05, 3.63) is 18.7 Å². The summed E-state index contributed by atoms with van der Waals surface area (Å²) < 4.78 is 1.40. The van der Waals surface area contributed by atoms with Gasteiger partial charge >= 0.3 is 6.03 Å². The van der Waals surface area contributed by atoms with E-state index in [1.165, 1.54) is 17.3 Å². The molecule has 1 aliphatic carbocycles. The predicted molar refractivity (Wildman–Crippen MR) is 63.6 cm³/mol. The summed E-state index contributed by atoms with van der Waals surface area (Å²) in [7, 11) is 0. The maximum atomic E-state index is 11.9. The molecule has 1 saturated carbocycles. The average molecular weight is 237 g/mol. The Bertz CT molecular complexity index is 377. The van der Waals surface area contributed by atoms with Crippen LogP contribution in [0.2, 0.25) is 0 Å². The van der Waals surface area contributed by atoms with E-state index in [-0.39, 0.29) is 12.6 Å². The maximum Gasteiger partial charge on any atom is 0.327 e. The van der Waals surface area contributed by atoms with Crippen LogP contribution < -0.4 is 5.32 Å². The van der Waals surface area contributed by atoms with Crippen molar-refractivity contribution in [3.63, 3.8) is 0 Å². The van der Waals surface area contributed by atoms with Crippen LogP contribution in [0.15, 0.2) is 18.7 Å². The number of hydrogen-bond donors (Lipinski definition) is 2. The number of imidazole rings is 1. The molecule has 2 atom stereocenters. The van der Waals surface area contributed by atoms with Crippen LogP contribution in [0.25, 0.3) is 0 Å². The summed E-state index contributed by atoms with van der Waals surface area (Å²) in [5, 5.41) is 12.5. The Hall–Kier alpha value is -1.36. The lowest BCUT2D eigenvalue weighted by Gasteiger charge is -2.39. The molecule has 1 amide bonds. The Morgan fingerprint density at radius 2 is 2.53 bits per heavy atom. The number of amides is 1. The summed E-state index contributed by atoms with van der Waals surface area (Å²) in [5.74, 6) is 0.541. The molecule has 1 fully saturated rings. The molecule has 0 saturated heterocycles. The Kier molecular flexibility index (Phi) is 3.47. The van der Waals surface area contributed by atoms with Crippen LogP contribution in [-0.4, -0.2) is 32.8 Å². The van der Waals surface area contributed by atoms with Crippen LogP contribution in [0.5, 0.6) is 0 Å². The Morgan fingerprint density at radius 1 is 1.71 bits per heavy atom. The van der Waals surface area contributed by atoms with Crippen LogP contribution in [0.4, 0.5) is 4.79 Å². The molecule has 0 aromatic carbocycles. The fourth-order valence-corrected chi connectivity index (χ4v) is 2.63. The highest BCUT2D eigenvalue weighted by Gasteiger charge is 2.35. The van der Waals surface area contributed by atoms with Crippen LogP contribution in [-0.2, 0) is 0 Å². The number of rotatable bonds is 2. The van der Waals surface area contributed by atoms with E-state index in [2.05, 4.69) is 17.2 Å². The molecule has 0 spiro atoms. The van der Waals surface area contributed by atoms with Gasteiger partial charge in [0.15, 0.2) is 0 Å². The van der Waals surface area contributed by atoms with Gasteiger partial charge in [0.1, 0.15) is 6.33 Å². The topological polar surface area (TPSA) is 67.2 Å². The van der Waals surface area contributed by atoms with Crippen molar-refractivity contribution in [1.29, 1.82) is 0 Å². The van der Waals surface area contributed by atoms with Crippen molar-refractivity contribution in [1.82, 2.24) is 14.9 Å². The van der Waals surface area contributed by atoms with Crippen molar-refractivity contribution in [2.45, 2.75) is 38.1 Å². The first-order chi connectivity index (χ1) is 8.15. The zero-order valence-electron chi connectivity index (χ0n) is 10.1. The van der Waals surface area contributed by atoms with E-state index in [1.807, 2.05) is 0 Å². The lowest BCUT2D eigenvalue weighted by Crippen LogP contribution is -2.54. The van der Waals surface area contributed by atoms with E-state index in [9.17, 15) is 9.90 Å². The minimum Gasteiger partial charge on any atom is -0.394 e. The largest absolute Gasteiger partial charge is 0.394 e.